The summed E-state index contributed by atoms with van der Waals surface area (Å²) in [4.78, 5) is 35.4. The Morgan fingerprint density at radius 2 is 0.619 bits per heavy atom. The molecule has 2 unspecified atom stereocenters. The fraction of sp³-hybridized carbons (Fsp3) is 0.892. The average molecular weight is 1200 g/mol. The van der Waals surface area contributed by atoms with E-state index >= 15 is 0 Å². The summed E-state index contributed by atoms with van der Waals surface area (Å²) in [7, 11) is -4.39. The Bertz CT molecular complexity index is 1470. The van der Waals surface area contributed by atoms with Crippen molar-refractivity contribution in [3.05, 3.63) is 36.5 Å². The second-order valence-electron chi connectivity index (χ2n) is 25.2. The van der Waals surface area contributed by atoms with Crippen molar-refractivity contribution in [2.45, 2.75) is 399 Å². The Morgan fingerprint density at radius 3 is 0.917 bits per heavy atom. The predicted octanol–water partition coefficient (Wildman–Crippen LogP) is 24.3. The van der Waals surface area contributed by atoms with Crippen molar-refractivity contribution < 1.29 is 37.6 Å². The smallest absolute Gasteiger partial charge is 0.462 e. The predicted molar refractivity (Wildman–Crippen MR) is 363 cm³/mol. The molecule has 0 amide bonds. The van der Waals surface area contributed by atoms with E-state index in [1.165, 1.54) is 315 Å². The number of carbonyl (C=O) groups excluding carboxylic acids is 2. The van der Waals surface area contributed by atoms with Gasteiger partial charge in [-0.05, 0) is 51.4 Å². The van der Waals surface area contributed by atoms with Gasteiger partial charge in [-0.25, -0.2) is 4.57 Å². The Balaban J connectivity index is 3.80. The third kappa shape index (κ3) is 69.3. The van der Waals surface area contributed by atoms with Crippen molar-refractivity contribution >= 4 is 19.8 Å². The largest absolute Gasteiger partial charge is 0.472 e. The second-order valence-corrected chi connectivity index (χ2v) is 26.6. The van der Waals surface area contributed by atoms with Crippen LogP contribution in [0.5, 0.6) is 0 Å². The molecule has 9 nitrogen and oxygen atoms in total. The van der Waals surface area contributed by atoms with E-state index in [9.17, 15) is 19.0 Å². The molecule has 0 aliphatic carbocycles. The highest BCUT2D eigenvalue weighted by molar-refractivity contribution is 7.47. The van der Waals surface area contributed by atoms with Gasteiger partial charge in [-0.1, -0.05) is 365 Å². The average Bonchev–Trinajstić information content (AvgIpc) is 3.58. The summed E-state index contributed by atoms with van der Waals surface area (Å²) in [5, 5.41) is 0. The van der Waals surface area contributed by atoms with Crippen molar-refractivity contribution in [2.75, 3.05) is 26.4 Å². The number of hydrogen-bond donors (Lipinski definition) is 2. The number of nitrogens with two attached hydrogens (primary N) is 1. The molecule has 3 N–H and O–H groups in total. The molecule has 0 saturated heterocycles. The van der Waals surface area contributed by atoms with Gasteiger partial charge in [-0.3, -0.25) is 18.6 Å². The maximum atomic E-state index is 12.8. The maximum absolute atomic E-state index is 12.8. The summed E-state index contributed by atoms with van der Waals surface area (Å²) in [6, 6.07) is 0. The van der Waals surface area contributed by atoms with Crippen LogP contribution in [0, 0.1) is 0 Å². The number of phosphoric acid groups is 1. The zero-order chi connectivity index (χ0) is 60.9. The fourth-order valence-corrected chi connectivity index (χ4v) is 12.1. The van der Waals surface area contributed by atoms with E-state index in [4.69, 9.17) is 24.3 Å². The number of unbranched alkanes of at least 4 members (excludes halogenated alkanes) is 52. The summed E-state index contributed by atoms with van der Waals surface area (Å²) >= 11 is 0. The molecule has 0 rings (SSSR count). The molecule has 0 fully saturated rings. The first-order valence-corrected chi connectivity index (χ1v) is 38.5. The molecule has 496 valence electrons. The van der Waals surface area contributed by atoms with E-state index in [0.29, 0.717) is 6.42 Å². The lowest BCUT2D eigenvalue weighted by Crippen LogP contribution is -2.29. The molecular weight excluding hydrogens is 1060 g/mol. The quantitative estimate of drug-likeness (QED) is 0.0264. The topological polar surface area (TPSA) is 134 Å². The van der Waals surface area contributed by atoms with Crippen LogP contribution in [-0.2, 0) is 32.7 Å². The van der Waals surface area contributed by atoms with Crippen LogP contribution >= 0.6 is 7.82 Å². The van der Waals surface area contributed by atoms with Crippen LogP contribution in [0.15, 0.2) is 36.5 Å². The van der Waals surface area contributed by atoms with Gasteiger partial charge in [0.2, 0.25) is 0 Å². The highest BCUT2D eigenvalue weighted by Gasteiger charge is 2.26. The molecule has 0 spiro atoms. The van der Waals surface area contributed by atoms with E-state index in [-0.39, 0.29) is 38.6 Å². The van der Waals surface area contributed by atoms with Crippen molar-refractivity contribution in [1.82, 2.24) is 0 Å². The molecule has 0 aromatic rings. The van der Waals surface area contributed by atoms with Gasteiger partial charge >= 0.3 is 19.8 Å². The highest BCUT2D eigenvalue weighted by atomic mass is 31.2. The zero-order valence-corrected chi connectivity index (χ0v) is 56.8. The number of hydrogen-bond acceptors (Lipinski definition) is 8. The maximum Gasteiger partial charge on any atom is 0.472 e. The van der Waals surface area contributed by atoms with Gasteiger partial charge in [0, 0.05) is 19.4 Å². The lowest BCUT2D eigenvalue weighted by Gasteiger charge is -2.19. The van der Waals surface area contributed by atoms with Crippen LogP contribution in [0.4, 0.5) is 0 Å². The van der Waals surface area contributed by atoms with Gasteiger partial charge < -0.3 is 20.1 Å². The molecular formula is C74H142NO8P. The van der Waals surface area contributed by atoms with Gasteiger partial charge in [0.05, 0.1) is 13.2 Å². The van der Waals surface area contributed by atoms with E-state index in [0.717, 1.165) is 44.9 Å². The SMILES string of the molecule is CCCCCCC/C=C\C/C=C\C/C=C\CCCCCCCCCCCCCCCCCCC(=O)OC(COC(=O)CCCCCCCCCCCCCCCCCCCCCCCCCCCCCCCCCC)COP(=O)(O)OCCN. The summed E-state index contributed by atoms with van der Waals surface area (Å²) < 4.78 is 33.2. The van der Waals surface area contributed by atoms with Gasteiger partial charge in [0.25, 0.3) is 0 Å². The molecule has 84 heavy (non-hydrogen) atoms. The van der Waals surface area contributed by atoms with E-state index in [1.807, 2.05) is 0 Å². The number of rotatable bonds is 71. The van der Waals surface area contributed by atoms with Gasteiger partial charge in [0.1, 0.15) is 6.61 Å². The highest BCUT2D eigenvalue weighted by Crippen LogP contribution is 2.43. The normalized spacial score (nSPS) is 13.0. The van der Waals surface area contributed by atoms with E-state index in [1.54, 1.807) is 0 Å². The first-order valence-electron chi connectivity index (χ1n) is 37.0. The van der Waals surface area contributed by atoms with Gasteiger partial charge in [-0.2, -0.15) is 0 Å². The Hall–Kier alpha value is -1.77. The molecule has 0 aliphatic rings. The molecule has 0 bridgehead atoms. The Kier molecular flexibility index (Phi) is 68.8. The molecule has 0 aromatic heterocycles. The van der Waals surface area contributed by atoms with Crippen molar-refractivity contribution in [3.8, 4) is 0 Å². The zero-order valence-electron chi connectivity index (χ0n) is 55.9. The minimum absolute atomic E-state index is 0.0558. The molecule has 10 heteroatoms. The number of phosphoric ester groups is 1. The van der Waals surface area contributed by atoms with E-state index < -0.39 is 26.5 Å². The van der Waals surface area contributed by atoms with Crippen molar-refractivity contribution in [2.24, 2.45) is 5.73 Å². The molecule has 0 heterocycles. The summed E-state index contributed by atoms with van der Waals surface area (Å²) in [5.41, 5.74) is 5.41. The van der Waals surface area contributed by atoms with Gasteiger partial charge in [-0.15, -0.1) is 0 Å². The molecule has 0 saturated carbocycles. The lowest BCUT2D eigenvalue weighted by atomic mass is 10.0. The first-order chi connectivity index (χ1) is 41.3. The van der Waals surface area contributed by atoms with Crippen LogP contribution in [0.1, 0.15) is 393 Å². The van der Waals surface area contributed by atoms with Crippen LogP contribution < -0.4 is 5.73 Å². The van der Waals surface area contributed by atoms with E-state index in [2.05, 4.69) is 50.3 Å². The van der Waals surface area contributed by atoms with Gasteiger partial charge in [0.15, 0.2) is 6.10 Å². The third-order valence-corrected chi connectivity index (χ3v) is 17.8. The molecule has 0 radical (unpaired) electrons. The summed E-state index contributed by atoms with van der Waals surface area (Å²) in [6.45, 7) is 3.81. The molecule has 0 aliphatic heterocycles. The summed E-state index contributed by atoms with van der Waals surface area (Å²) in [6.07, 6.45) is 88.3. The molecule has 0 aromatic carbocycles. The third-order valence-electron chi connectivity index (χ3n) is 16.8. The number of ether oxygens (including phenoxy) is 2. The number of allylic oxidation sites excluding steroid dienone is 6. The minimum atomic E-state index is -4.39. The Morgan fingerprint density at radius 1 is 0.357 bits per heavy atom. The lowest BCUT2D eigenvalue weighted by molar-refractivity contribution is -0.161. The first kappa shape index (κ1) is 82.2. The van der Waals surface area contributed by atoms with Crippen molar-refractivity contribution in [3.63, 3.8) is 0 Å². The van der Waals surface area contributed by atoms with Crippen LogP contribution in [0.2, 0.25) is 0 Å². The van der Waals surface area contributed by atoms with Crippen LogP contribution in [0.3, 0.4) is 0 Å². The molecule has 2 atom stereocenters. The van der Waals surface area contributed by atoms with Crippen molar-refractivity contribution in [1.29, 1.82) is 0 Å². The fourth-order valence-electron chi connectivity index (χ4n) is 11.3. The van der Waals surface area contributed by atoms with Crippen LogP contribution in [-0.4, -0.2) is 49.3 Å². The standard InChI is InChI=1S/C74H142NO8P/c1-3-5-7-9-11-13-15-17-19-21-23-25-27-29-31-33-35-37-38-40-42-44-46-48-50-52-54-56-58-60-62-64-66-73(76)80-70-72(71-82-84(78,79)81-69-68-75)83-74(77)67-65-63-61-59-57-55-53-51-49-47-45-43-41-39-36-34-32-30-28-26-24-22-20-18-16-14-12-10-8-6-4-2/h16,18,22,24,28,30,72H,3-15,17,19-21,23,25-27,29,31-71,75H2,1-2H3,(H,78,79)/b18-16-,24-22-,30-28-. The summed E-state index contributed by atoms with van der Waals surface area (Å²) in [5.74, 6) is -0.804. The second kappa shape index (κ2) is 70.3. The monoisotopic (exact) mass is 1200 g/mol. The Labute approximate surface area is 522 Å². The van der Waals surface area contributed by atoms with Crippen LogP contribution in [0.25, 0.3) is 0 Å². The number of carbonyl (C=O) groups is 2. The minimum Gasteiger partial charge on any atom is -0.462 e. The number of esters is 2.